The fraction of sp³-hybridized carbons (Fsp3) is 0.750. The van der Waals surface area contributed by atoms with E-state index in [0.717, 1.165) is 6.54 Å². The van der Waals surface area contributed by atoms with Gasteiger partial charge in [0.05, 0.1) is 12.0 Å². The maximum atomic E-state index is 4.26. The van der Waals surface area contributed by atoms with E-state index in [1.165, 1.54) is 25.0 Å². The van der Waals surface area contributed by atoms with Crippen molar-refractivity contribution in [3.05, 3.63) is 18.2 Å². The van der Waals surface area contributed by atoms with Crippen LogP contribution in [-0.2, 0) is 6.54 Å². The number of hydrogen-bond donors (Lipinski definition) is 1. The molecule has 0 aromatic carbocycles. The van der Waals surface area contributed by atoms with Crippen molar-refractivity contribution < 1.29 is 0 Å². The van der Waals surface area contributed by atoms with Crippen LogP contribution in [0.5, 0.6) is 0 Å². The second-order valence-corrected chi connectivity index (χ2v) is 5.38. The first kappa shape index (κ1) is 10.7. The lowest BCUT2D eigenvalue weighted by Crippen LogP contribution is -2.15. The molecule has 1 N–H and O–H groups in total. The number of nitrogens with zero attached hydrogens (tertiary/aromatic N) is 2. The molecule has 1 unspecified atom stereocenters. The molecule has 1 atom stereocenters. The largest absolute Gasteiger partial charge is 0.330 e. The maximum absolute atomic E-state index is 4.26. The maximum Gasteiger partial charge on any atom is 0.0951 e. The Morgan fingerprint density at radius 3 is 3.00 bits per heavy atom. The van der Waals surface area contributed by atoms with Crippen molar-refractivity contribution in [2.75, 3.05) is 7.05 Å². The minimum atomic E-state index is 0.506. The first-order chi connectivity index (χ1) is 7.12. The lowest BCUT2D eigenvalue weighted by Gasteiger charge is -2.19. The van der Waals surface area contributed by atoms with Crippen LogP contribution in [0.2, 0.25) is 0 Å². The molecule has 0 amide bonds. The Hall–Kier alpha value is -0.830. The summed E-state index contributed by atoms with van der Waals surface area (Å²) in [6, 6.07) is 0.658. The van der Waals surface area contributed by atoms with Crippen LogP contribution >= 0.6 is 0 Å². The molecular weight excluding hydrogens is 186 g/mol. The van der Waals surface area contributed by atoms with Gasteiger partial charge in [0.25, 0.3) is 0 Å². The van der Waals surface area contributed by atoms with Crippen LogP contribution in [0, 0.1) is 5.41 Å². The molecule has 2 rings (SSSR count). The van der Waals surface area contributed by atoms with E-state index in [2.05, 4.69) is 28.7 Å². The second-order valence-electron chi connectivity index (χ2n) is 5.38. The number of hydrogen-bond acceptors (Lipinski definition) is 2. The van der Waals surface area contributed by atoms with Crippen molar-refractivity contribution in [2.45, 2.75) is 45.7 Å². The Bertz CT molecular complexity index is 327. The van der Waals surface area contributed by atoms with Gasteiger partial charge in [0.15, 0.2) is 0 Å². The third-order valence-electron chi connectivity index (χ3n) is 3.44. The Labute approximate surface area is 91.9 Å². The highest BCUT2D eigenvalue weighted by atomic mass is 15.1. The number of imidazole rings is 1. The quantitative estimate of drug-likeness (QED) is 0.824. The fourth-order valence-electron chi connectivity index (χ4n) is 2.62. The van der Waals surface area contributed by atoms with E-state index >= 15 is 0 Å². The van der Waals surface area contributed by atoms with Crippen molar-refractivity contribution in [2.24, 2.45) is 5.41 Å². The summed E-state index contributed by atoms with van der Waals surface area (Å²) in [6.07, 6.45) is 7.86. The summed E-state index contributed by atoms with van der Waals surface area (Å²) in [5, 5.41) is 3.19. The summed E-state index contributed by atoms with van der Waals surface area (Å²) in [4.78, 5) is 4.26. The predicted octanol–water partition coefficient (Wildman–Crippen LogP) is 2.35. The van der Waals surface area contributed by atoms with Crippen molar-refractivity contribution in [1.82, 2.24) is 14.9 Å². The highest BCUT2D eigenvalue weighted by molar-refractivity contribution is 5.02. The average Bonchev–Trinajstić information content (AvgIpc) is 2.72. The fourth-order valence-corrected chi connectivity index (χ4v) is 2.62. The summed E-state index contributed by atoms with van der Waals surface area (Å²) in [5.74, 6) is 0. The van der Waals surface area contributed by atoms with E-state index in [9.17, 15) is 0 Å². The SMILES string of the molecule is CNCc1cncn1C1CCC(C)(C)C1. The summed E-state index contributed by atoms with van der Waals surface area (Å²) in [5.41, 5.74) is 1.81. The molecule has 1 aliphatic rings. The average molecular weight is 207 g/mol. The lowest BCUT2D eigenvalue weighted by atomic mass is 9.92. The van der Waals surface area contributed by atoms with Crippen molar-refractivity contribution in [3.63, 3.8) is 0 Å². The number of nitrogens with one attached hydrogen (secondary N) is 1. The molecule has 0 spiro atoms. The number of rotatable bonds is 3. The first-order valence-corrected chi connectivity index (χ1v) is 5.78. The molecular formula is C12H21N3. The van der Waals surface area contributed by atoms with Crippen LogP contribution in [0.25, 0.3) is 0 Å². The van der Waals surface area contributed by atoms with Crippen LogP contribution in [0.1, 0.15) is 44.8 Å². The van der Waals surface area contributed by atoms with Gasteiger partial charge in [-0.1, -0.05) is 13.8 Å². The molecule has 0 saturated heterocycles. The van der Waals surface area contributed by atoms with Gasteiger partial charge in [-0.15, -0.1) is 0 Å². The van der Waals surface area contributed by atoms with Gasteiger partial charge < -0.3 is 9.88 Å². The van der Waals surface area contributed by atoms with E-state index in [-0.39, 0.29) is 0 Å². The van der Waals surface area contributed by atoms with Gasteiger partial charge in [-0.05, 0) is 31.7 Å². The molecule has 1 saturated carbocycles. The topological polar surface area (TPSA) is 29.9 Å². The normalized spacial score (nSPS) is 24.6. The standard InChI is InChI=1S/C12H21N3/c1-12(2)5-4-10(6-12)15-9-14-8-11(15)7-13-3/h8-10,13H,4-7H2,1-3H3. The summed E-state index contributed by atoms with van der Waals surface area (Å²) in [7, 11) is 1.98. The van der Waals surface area contributed by atoms with Gasteiger partial charge in [0, 0.05) is 18.8 Å². The minimum absolute atomic E-state index is 0.506. The molecule has 0 aliphatic heterocycles. The molecule has 3 nitrogen and oxygen atoms in total. The minimum Gasteiger partial charge on any atom is -0.330 e. The number of aromatic nitrogens is 2. The van der Waals surface area contributed by atoms with Gasteiger partial charge >= 0.3 is 0 Å². The third kappa shape index (κ3) is 2.23. The molecule has 1 fully saturated rings. The zero-order chi connectivity index (χ0) is 10.9. The van der Waals surface area contributed by atoms with Gasteiger partial charge in [-0.2, -0.15) is 0 Å². The van der Waals surface area contributed by atoms with E-state index < -0.39 is 0 Å². The van der Waals surface area contributed by atoms with Crippen LogP contribution < -0.4 is 5.32 Å². The smallest absolute Gasteiger partial charge is 0.0951 e. The van der Waals surface area contributed by atoms with E-state index in [1.54, 1.807) is 0 Å². The van der Waals surface area contributed by atoms with E-state index in [1.807, 2.05) is 19.6 Å². The van der Waals surface area contributed by atoms with Gasteiger partial charge in [-0.3, -0.25) is 0 Å². The van der Waals surface area contributed by atoms with E-state index in [4.69, 9.17) is 0 Å². The van der Waals surface area contributed by atoms with Crippen LogP contribution in [0.3, 0.4) is 0 Å². The molecule has 3 heteroatoms. The summed E-state index contributed by atoms with van der Waals surface area (Å²) >= 11 is 0. The third-order valence-corrected chi connectivity index (χ3v) is 3.44. The zero-order valence-electron chi connectivity index (χ0n) is 9.95. The van der Waals surface area contributed by atoms with Crippen molar-refractivity contribution in [3.8, 4) is 0 Å². The Kier molecular flexibility index (Phi) is 2.83. The van der Waals surface area contributed by atoms with Crippen molar-refractivity contribution in [1.29, 1.82) is 0 Å². The molecule has 1 aromatic rings. The molecule has 1 aromatic heterocycles. The molecule has 15 heavy (non-hydrogen) atoms. The second kappa shape index (κ2) is 3.97. The predicted molar refractivity (Wildman–Crippen MR) is 61.7 cm³/mol. The van der Waals surface area contributed by atoms with Gasteiger partial charge in [-0.25, -0.2) is 4.98 Å². The lowest BCUT2D eigenvalue weighted by molar-refractivity contribution is 0.356. The molecule has 0 bridgehead atoms. The van der Waals surface area contributed by atoms with Crippen molar-refractivity contribution >= 4 is 0 Å². The molecule has 0 radical (unpaired) electrons. The van der Waals surface area contributed by atoms with Crippen LogP contribution in [0.15, 0.2) is 12.5 Å². The highest BCUT2D eigenvalue weighted by Crippen LogP contribution is 2.43. The van der Waals surface area contributed by atoms with Gasteiger partial charge in [0.1, 0.15) is 0 Å². The molecule has 1 aliphatic carbocycles. The monoisotopic (exact) mass is 207 g/mol. The Morgan fingerprint density at radius 1 is 1.60 bits per heavy atom. The first-order valence-electron chi connectivity index (χ1n) is 5.78. The highest BCUT2D eigenvalue weighted by Gasteiger charge is 2.32. The van der Waals surface area contributed by atoms with Crippen LogP contribution in [0.4, 0.5) is 0 Å². The Morgan fingerprint density at radius 2 is 2.40 bits per heavy atom. The van der Waals surface area contributed by atoms with Gasteiger partial charge in [0.2, 0.25) is 0 Å². The molecule has 1 heterocycles. The van der Waals surface area contributed by atoms with Crippen LogP contribution in [-0.4, -0.2) is 16.6 Å². The molecule has 84 valence electrons. The zero-order valence-corrected chi connectivity index (χ0v) is 9.95. The summed E-state index contributed by atoms with van der Waals surface area (Å²) in [6.45, 7) is 5.64. The van der Waals surface area contributed by atoms with E-state index in [0.29, 0.717) is 11.5 Å². The summed E-state index contributed by atoms with van der Waals surface area (Å²) < 4.78 is 2.35. The Balaban J connectivity index is 2.13.